The molecule has 0 aliphatic rings. The summed E-state index contributed by atoms with van der Waals surface area (Å²) in [6.07, 6.45) is 0. The predicted molar refractivity (Wildman–Crippen MR) is 246 cm³/mol. The van der Waals surface area contributed by atoms with Gasteiger partial charge in [-0.2, -0.15) is 0 Å². The third-order valence-corrected chi connectivity index (χ3v) is 12.2. The number of rotatable bonds is 4. The number of nitrogens with zero attached hydrogens (tertiary/aromatic N) is 3. The Morgan fingerprint density at radius 1 is 0.356 bits per heavy atom. The van der Waals surface area contributed by atoms with E-state index in [9.17, 15) is 0 Å². The van der Waals surface area contributed by atoms with Gasteiger partial charge in [-0.25, -0.2) is 4.98 Å². The molecule has 13 aromatic rings. The van der Waals surface area contributed by atoms with Crippen molar-refractivity contribution in [1.29, 1.82) is 0 Å². The molecule has 4 heteroatoms. The lowest BCUT2D eigenvalue weighted by Gasteiger charge is -2.16. The second kappa shape index (κ2) is 12.3. The van der Waals surface area contributed by atoms with Gasteiger partial charge >= 0.3 is 0 Å². The van der Waals surface area contributed by atoms with Gasteiger partial charge in [-0.1, -0.05) is 140 Å². The number of aromatic nitrogens is 3. The molecule has 0 fully saturated rings. The van der Waals surface area contributed by atoms with Crippen LogP contribution >= 0.6 is 0 Å². The van der Waals surface area contributed by atoms with Crippen LogP contribution in [0.5, 0.6) is 0 Å². The van der Waals surface area contributed by atoms with Gasteiger partial charge in [-0.3, -0.25) is 0 Å². The highest BCUT2D eigenvalue weighted by molar-refractivity contribution is 6.27. The Morgan fingerprint density at radius 2 is 0.864 bits per heavy atom. The average molecular weight is 752 g/mol. The van der Waals surface area contributed by atoms with Crippen molar-refractivity contribution in [2.75, 3.05) is 0 Å². The number of hydrogen-bond donors (Lipinski definition) is 0. The largest absolute Gasteiger partial charge is 0.454 e. The maximum Gasteiger partial charge on any atom is 0.162 e. The molecule has 9 aromatic carbocycles. The molecule has 0 N–H and O–H groups in total. The smallest absolute Gasteiger partial charge is 0.162 e. The molecule has 0 aliphatic carbocycles. The minimum Gasteiger partial charge on any atom is -0.454 e. The van der Waals surface area contributed by atoms with Gasteiger partial charge in [0.05, 0.1) is 27.6 Å². The van der Waals surface area contributed by atoms with Gasteiger partial charge in [0.2, 0.25) is 0 Å². The zero-order chi connectivity index (χ0) is 38.6. The molecule has 0 radical (unpaired) electrons. The molecule has 0 unspecified atom stereocenters. The first-order chi connectivity index (χ1) is 29.3. The number of furan rings is 1. The molecule has 4 nitrogen and oxygen atoms in total. The van der Waals surface area contributed by atoms with Crippen LogP contribution in [0.2, 0.25) is 0 Å². The summed E-state index contributed by atoms with van der Waals surface area (Å²) in [5, 5.41) is 10.6. The zero-order valence-corrected chi connectivity index (χ0v) is 31.8. The molecule has 0 amide bonds. The van der Waals surface area contributed by atoms with Crippen molar-refractivity contribution < 1.29 is 4.42 Å². The molecule has 0 saturated heterocycles. The van der Waals surface area contributed by atoms with Gasteiger partial charge in [0.1, 0.15) is 11.3 Å². The third kappa shape index (κ3) is 4.69. The summed E-state index contributed by atoms with van der Waals surface area (Å²) in [5.41, 5.74) is 13.5. The Bertz CT molecular complexity index is 3620. The number of pyridine rings is 1. The van der Waals surface area contributed by atoms with Crippen molar-refractivity contribution >= 4 is 87.2 Å². The van der Waals surface area contributed by atoms with E-state index in [1.54, 1.807) is 0 Å². The first-order valence-electron chi connectivity index (χ1n) is 20.1. The zero-order valence-electron chi connectivity index (χ0n) is 31.8. The summed E-state index contributed by atoms with van der Waals surface area (Å²) in [6.45, 7) is 0. The van der Waals surface area contributed by atoms with Gasteiger partial charge in [-0.05, 0) is 82.6 Å². The molecule has 274 valence electrons. The normalized spacial score (nSPS) is 12.1. The van der Waals surface area contributed by atoms with E-state index in [4.69, 9.17) is 9.40 Å². The van der Waals surface area contributed by atoms with Gasteiger partial charge in [0.15, 0.2) is 5.58 Å². The van der Waals surface area contributed by atoms with Crippen LogP contribution < -0.4 is 0 Å². The van der Waals surface area contributed by atoms with Crippen LogP contribution in [0.4, 0.5) is 0 Å². The van der Waals surface area contributed by atoms with Crippen LogP contribution in [0.1, 0.15) is 0 Å². The van der Waals surface area contributed by atoms with Crippen molar-refractivity contribution in [1.82, 2.24) is 14.1 Å². The molecule has 0 saturated carbocycles. The second-order valence-electron chi connectivity index (χ2n) is 15.5. The first-order valence-corrected chi connectivity index (χ1v) is 20.1. The molecule has 0 atom stereocenters. The van der Waals surface area contributed by atoms with E-state index in [1.807, 2.05) is 6.07 Å². The van der Waals surface area contributed by atoms with Crippen LogP contribution in [0, 0.1) is 0 Å². The molecule has 13 rings (SSSR count). The van der Waals surface area contributed by atoms with Crippen molar-refractivity contribution in [2.45, 2.75) is 0 Å². The fourth-order valence-corrected chi connectivity index (χ4v) is 9.71. The van der Waals surface area contributed by atoms with E-state index < -0.39 is 0 Å². The quantitative estimate of drug-likeness (QED) is 0.168. The van der Waals surface area contributed by atoms with E-state index in [0.29, 0.717) is 0 Å². The lowest BCUT2D eigenvalue weighted by Crippen LogP contribution is -2.00. The summed E-state index contributed by atoms with van der Waals surface area (Å²) in [5.74, 6) is 0. The number of hydrogen-bond acceptors (Lipinski definition) is 2. The molecule has 0 bridgehead atoms. The van der Waals surface area contributed by atoms with Crippen molar-refractivity contribution in [3.05, 3.63) is 200 Å². The minimum atomic E-state index is 0.803. The van der Waals surface area contributed by atoms with Crippen molar-refractivity contribution in [2.24, 2.45) is 0 Å². The van der Waals surface area contributed by atoms with Crippen molar-refractivity contribution in [3.63, 3.8) is 0 Å². The Hall–Kier alpha value is -7.95. The van der Waals surface area contributed by atoms with E-state index >= 15 is 0 Å². The molecular weight excluding hydrogens is 719 g/mol. The molecule has 0 aliphatic heterocycles. The first kappa shape index (κ1) is 32.2. The lowest BCUT2D eigenvalue weighted by atomic mass is 9.96. The highest BCUT2D eigenvalue weighted by Gasteiger charge is 2.21. The topological polar surface area (TPSA) is 35.9 Å². The van der Waals surface area contributed by atoms with Crippen LogP contribution in [-0.4, -0.2) is 14.1 Å². The average Bonchev–Trinajstić information content (AvgIpc) is 3.97. The maximum absolute atomic E-state index is 6.77. The van der Waals surface area contributed by atoms with Gasteiger partial charge < -0.3 is 13.6 Å². The second-order valence-corrected chi connectivity index (χ2v) is 15.5. The number of para-hydroxylation sites is 5. The third-order valence-electron chi connectivity index (χ3n) is 12.2. The highest BCUT2D eigenvalue weighted by atomic mass is 16.3. The standard InChI is InChI=1S/C55H33N3O/c1-2-17-40-34(14-1)28-29-46-52(40)53-45-22-7-12-27-51(45)59-55(53)54(56-46)36-16-13-15-35(30-36)37-31-38(57-47-23-8-3-18-41(47)42-19-4-9-24-48(42)57)33-39(32-37)58-49-25-10-5-20-43(49)44-21-6-11-26-50(44)58/h1-33H. The Morgan fingerprint density at radius 3 is 1.47 bits per heavy atom. The molecule has 59 heavy (non-hydrogen) atoms. The van der Waals surface area contributed by atoms with Gasteiger partial charge in [0.25, 0.3) is 0 Å². The molecule has 0 spiro atoms. The summed E-state index contributed by atoms with van der Waals surface area (Å²) >= 11 is 0. The monoisotopic (exact) mass is 751 g/mol. The van der Waals surface area contributed by atoms with Crippen molar-refractivity contribution in [3.8, 4) is 33.8 Å². The Kier molecular flexibility index (Phi) is 6.69. The van der Waals surface area contributed by atoms with Gasteiger partial charge in [0, 0.05) is 54.6 Å². The summed E-state index contributed by atoms with van der Waals surface area (Å²) < 4.78 is 11.6. The van der Waals surface area contributed by atoms with E-state index in [2.05, 4.69) is 203 Å². The fraction of sp³-hybridized carbons (Fsp3) is 0. The van der Waals surface area contributed by atoms with E-state index in [0.717, 1.165) is 66.6 Å². The number of fused-ring (bicyclic) bond motifs is 13. The van der Waals surface area contributed by atoms with Crippen LogP contribution in [0.3, 0.4) is 0 Å². The molecule has 4 aromatic heterocycles. The summed E-state index contributed by atoms with van der Waals surface area (Å²) in [4.78, 5) is 5.40. The molecular formula is C55H33N3O. The lowest BCUT2D eigenvalue weighted by molar-refractivity contribution is 0.669. The minimum absolute atomic E-state index is 0.803. The van der Waals surface area contributed by atoms with Crippen LogP contribution in [-0.2, 0) is 0 Å². The Balaban J connectivity index is 1.09. The Labute approximate surface area is 338 Å². The van der Waals surface area contributed by atoms with Gasteiger partial charge in [-0.15, -0.1) is 0 Å². The van der Waals surface area contributed by atoms with E-state index in [1.165, 1.54) is 54.4 Å². The van der Waals surface area contributed by atoms with Crippen LogP contribution in [0.25, 0.3) is 121 Å². The SMILES string of the molecule is c1cc(-c2cc(-n3c4ccccc4c4ccccc43)cc(-n3c4ccccc4c4ccccc43)c2)cc(-c2nc3ccc4ccccc4c3c3c2oc2ccccc23)c1. The predicted octanol–water partition coefficient (Wildman–Crippen LogP) is 14.8. The van der Waals surface area contributed by atoms with E-state index in [-0.39, 0.29) is 0 Å². The fourth-order valence-electron chi connectivity index (χ4n) is 9.71. The summed E-state index contributed by atoms with van der Waals surface area (Å²) in [7, 11) is 0. The van der Waals surface area contributed by atoms with Crippen LogP contribution in [0.15, 0.2) is 205 Å². The maximum atomic E-state index is 6.77. The highest BCUT2D eigenvalue weighted by Crippen LogP contribution is 2.43. The molecule has 4 heterocycles. The summed E-state index contributed by atoms with van der Waals surface area (Å²) in [6, 6.07) is 72.0. The number of benzene rings is 9.